The molecule has 0 aromatic carbocycles. The molecule has 4 heteroatoms. The molecular weight excluding hydrogens is 173 g/mol. The van der Waals surface area contributed by atoms with Crippen molar-refractivity contribution in [3.63, 3.8) is 0 Å². The van der Waals surface area contributed by atoms with Gasteiger partial charge in [0, 0.05) is 0 Å². The zero-order chi connectivity index (χ0) is 5.91. The fourth-order valence-corrected chi connectivity index (χ4v) is 0.210. The van der Waals surface area contributed by atoms with Gasteiger partial charge in [-0.05, 0) is 15.9 Å². The van der Waals surface area contributed by atoms with Gasteiger partial charge in [-0.25, -0.2) is 4.39 Å². The number of halogens is 4. The van der Waals surface area contributed by atoms with Gasteiger partial charge in [0.1, 0.15) is 6.67 Å². The first kappa shape index (κ1) is 7.27. The molecule has 43 valence electrons. The standard InChI is InChI=1S/C3H3BrF3/c4-3(6,7)1-2-5/h2H,1H2. The third kappa shape index (κ3) is 6.27. The lowest BCUT2D eigenvalue weighted by Gasteiger charge is -2.00. The fourth-order valence-electron chi connectivity index (χ4n) is 0.0875. The van der Waals surface area contributed by atoms with E-state index in [0.717, 1.165) is 0 Å². The van der Waals surface area contributed by atoms with E-state index in [2.05, 4.69) is 0 Å². The van der Waals surface area contributed by atoms with Crippen molar-refractivity contribution in [3.05, 3.63) is 6.67 Å². The van der Waals surface area contributed by atoms with Gasteiger partial charge in [-0.2, -0.15) is 8.78 Å². The number of hydrogen-bond donors (Lipinski definition) is 0. The van der Waals surface area contributed by atoms with Crippen LogP contribution in [0.2, 0.25) is 0 Å². The van der Waals surface area contributed by atoms with Crippen molar-refractivity contribution in [3.8, 4) is 0 Å². The van der Waals surface area contributed by atoms with E-state index in [1.54, 1.807) is 0 Å². The van der Waals surface area contributed by atoms with Crippen LogP contribution in [0.15, 0.2) is 0 Å². The summed E-state index contributed by atoms with van der Waals surface area (Å²) >= 11 is 1.93. The SMILES string of the molecule is F[CH]CC(F)(F)Br. The van der Waals surface area contributed by atoms with Gasteiger partial charge >= 0.3 is 4.83 Å². The summed E-state index contributed by atoms with van der Waals surface area (Å²) in [5.74, 6) is 0. The molecule has 0 N–H and O–H groups in total. The van der Waals surface area contributed by atoms with Crippen LogP contribution in [0, 0.1) is 6.67 Å². The Kier molecular flexibility index (Phi) is 2.64. The van der Waals surface area contributed by atoms with E-state index in [1.807, 2.05) is 15.9 Å². The van der Waals surface area contributed by atoms with Crippen LogP contribution in [0.25, 0.3) is 0 Å². The Morgan fingerprint density at radius 1 is 1.57 bits per heavy atom. The minimum atomic E-state index is -3.07. The zero-order valence-electron chi connectivity index (χ0n) is 3.30. The van der Waals surface area contributed by atoms with Crippen LogP contribution in [0.1, 0.15) is 6.42 Å². The second-order valence-corrected chi connectivity index (χ2v) is 2.13. The van der Waals surface area contributed by atoms with Crippen LogP contribution < -0.4 is 0 Å². The van der Waals surface area contributed by atoms with Crippen molar-refractivity contribution in [2.24, 2.45) is 0 Å². The molecular formula is C3H3BrF3. The Bertz CT molecular complexity index is 48.6. The number of hydrogen-bond acceptors (Lipinski definition) is 0. The van der Waals surface area contributed by atoms with Crippen LogP contribution in [0.4, 0.5) is 13.2 Å². The maximum absolute atomic E-state index is 11.4. The van der Waals surface area contributed by atoms with Crippen molar-refractivity contribution in [2.45, 2.75) is 11.3 Å². The number of alkyl halides is 3. The molecule has 0 amide bonds. The highest BCUT2D eigenvalue weighted by Gasteiger charge is 2.22. The quantitative estimate of drug-likeness (QED) is 0.567. The summed E-state index contributed by atoms with van der Waals surface area (Å²) in [4.78, 5) is -3.07. The minimum Gasteiger partial charge on any atom is -0.244 e. The zero-order valence-corrected chi connectivity index (χ0v) is 4.88. The van der Waals surface area contributed by atoms with Crippen LogP contribution >= 0.6 is 15.9 Å². The molecule has 0 aromatic rings. The van der Waals surface area contributed by atoms with Crippen LogP contribution in [-0.4, -0.2) is 4.83 Å². The van der Waals surface area contributed by atoms with Gasteiger partial charge in [0.15, 0.2) is 0 Å². The summed E-state index contributed by atoms with van der Waals surface area (Å²) in [6, 6.07) is 0. The summed E-state index contributed by atoms with van der Waals surface area (Å²) in [6.07, 6.45) is -0.868. The summed E-state index contributed by atoms with van der Waals surface area (Å²) in [7, 11) is 0. The molecule has 0 saturated carbocycles. The van der Waals surface area contributed by atoms with Crippen molar-refractivity contribution in [1.29, 1.82) is 0 Å². The molecule has 0 bridgehead atoms. The summed E-state index contributed by atoms with van der Waals surface area (Å²) in [5.41, 5.74) is 0. The van der Waals surface area contributed by atoms with Gasteiger partial charge in [0.05, 0.1) is 6.42 Å². The molecule has 0 aliphatic rings. The average Bonchev–Trinajstić information content (AvgIpc) is 1.30. The lowest BCUT2D eigenvalue weighted by molar-refractivity contribution is 0.107. The van der Waals surface area contributed by atoms with Gasteiger partial charge in [-0.1, -0.05) is 0 Å². The topological polar surface area (TPSA) is 0 Å². The maximum Gasteiger partial charge on any atom is 0.304 e. The highest BCUT2D eigenvalue weighted by molar-refractivity contribution is 9.10. The van der Waals surface area contributed by atoms with Gasteiger partial charge < -0.3 is 0 Å². The highest BCUT2D eigenvalue weighted by atomic mass is 79.9. The molecule has 0 aromatic heterocycles. The molecule has 0 spiro atoms. The normalized spacial score (nSPS) is 12.0. The van der Waals surface area contributed by atoms with E-state index in [-0.39, 0.29) is 6.67 Å². The average molecular weight is 176 g/mol. The first-order chi connectivity index (χ1) is 3.06. The Morgan fingerprint density at radius 3 is 2.00 bits per heavy atom. The van der Waals surface area contributed by atoms with Gasteiger partial charge in [0.25, 0.3) is 0 Å². The minimum absolute atomic E-state index is 0.0885. The van der Waals surface area contributed by atoms with Crippen LogP contribution in [0.3, 0.4) is 0 Å². The Morgan fingerprint density at radius 2 is 2.00 bits per heavy atom. The molecule has 0 unspecified atom stereocenters. The summed E-state index contributed by atoms with van der Waals surface area (Å²) in [5, 5.41) is 0. The Hall–Kier alpha value is 0.270. The Balaban J connectivity index is 3.15. The third-order valence-corrected chi connectivity index (χ3v) is 0.632. The van der Waals surface area contributed by atoms with Gasteiger partial charge in [-0.15, -0.1) is 0 Å². The smallest absolute Gasteiger partial charge is 0.244 e. The second-order valence-electron chi connectivity index (χ2n) is 0.974. The van der Waals surface area contributed by atoms with E-state index in [4.69, 9.17) is 0 Å². The van der Waals surface area contributed by atoms with Crippen molar-refractivity contribution in [2.75, 3.05) is 0 Å². The fraction of sp³-hybridized carbons (Fsp3) is 0.667. The third-order valence-electron chi connectivity index (χ3n) is 0.309. The molecule has 7 heavy (non-hydrogen) atoms. The lowest BCUT2D eigenvalue weighted by atomic mass is 10.5. The molecule has 0 aliphatic heterocycles. The van der Waals surface area contributed by atoms with Crippen molar-refractivity contribution >= 4 is 15.9 Å². The maximum atomic E-state index is 11.4. The Labute approximate surface area is 47.8 Å². The first-order valence-corrected chi connectivity index (χ1v) is 2.34. The molecule has 0 atom stereocenters. The van der Waals surface area contributed by atoms with Crippen molar-refractivity contribution < 1.29 is 13.2 Å². The number of rotatable bonds is 2. The predicted molar refractivity (Wildman–Crippen MR) is 23.9 cm³/mol. The highest BCUT2D eigenvalue weighted by Crippen LogP contribution is 2.26. The summed E-state index contributed by atoms with van der Waals surface area (Å²) < 4.78 is 33.6. The molecule has 0 nitrogen and oxygen atoms in total. The molecule has 0 aliphatic carbocycles. The lowest BCUT2D eigenvalue weighted by Crippen LogP contribution is -2.01. The van der Waals surface area contributed by atoms with Gasteiger partial charge in [-0.3, -0.25) is 0 Å². The van der Waals surface area contributed by atoms with Crippen LogP contribution in [0.5, 0.6) is 0 Å². The van der Waals surface area contributed by atoms with E-state index >= 15 is 0 Å². The molecule has 1 radical (unpaired) electrons. The predicted octanol–water partition coefficient (Wildman–Crippen LogP) is 2.50. The first-order valence-electron chi connectivity index (χ1n) is 1.55. The largest absolute Gasteiger partial charge is 0.304 e. The molecule has 0 fully saturated rings. The van der Waals surface area contributed by atoms with Gasteiger partial charge in [0.2, 0.25) is 0 Å². The van der Waals surface area contributed by atoms with E-state index in [0.29, 0.717) is 0 Å². The second kappa shape index (κ2) is 2.55. The summed E-state index contributed by atoms with van der Waals surface area (Å²) in [6.45, 7) is -0.0885. The molecule has 0 heterocycles. The molecule has 0 rings (SSSR count). The van der Waals surface area contributed by atoms with Crippen molar-refractivity contribution in [1.82, 2.24) is 0 Å². The monoisotopic (exact) mass is 175 g/mol. The van der Waals surface area contributed by atoms with E-state index in [1.165, 1.54) is 0 Å². The van der Waals surface area contributed by atoms with E-state index in [9.17, 15) is 13.2 Å². The van der Waals surface area contributed by atoms with Crippen LogP contribution in [-0.2, 0) is 0 Å². The molecule has 0 saturated heterocycles. The van der Waals surface area contributed by atoms with E-state index < -0.39 is 11.3 Å².